The SMILES string of the molecule is O=C(O)/C(=C\c1ccccc1)CC(=O)N1CCC2CCCCC21. The molecule has 1 aliphatic heterocycles. The number of carbonyl (C=O) groups excluding carboxylic acids is 1. The van der Waals surface area contributed by atoms with E-state index in [2.05, 4.69) is 0 Å². The molecule has 1 saturated heterocycles. The predicted molar refractivity (Wildman–Crippen MR) is 88.7 cm³/mol. The molecule has 2 unspecified atom stereocenters. The number of hydrogen-bond donors (Lipinski definition) is 1. The highest BCUT2D eigenvalue weighted by molar-refractivity contribution is 5.98. The van der Waals surface area contributed by atoms with Crippen molar-refractivity contribution in [2.45, 2.75) is 44.6 Å². The third-order valence-corrected chi connectivity index (χ3v) is 5.09. The zero-order valence-corrected chi connectivity index (χ0v) is 13.3. The molecule has 1 heterocycles. The quantitative estimate of drug-likeness (QED) is 0.867. The van der Waals surface area contributed by atoms with E-state index in [1.165, 1.54) is 19.3 Å². The summed E-state index contributed by atoms with van der Waals surface area (Å²) >= 11 is 0. The number of benzene rings is 1. The second-order valence-corrected chi connectivity index (χ2v) is 6.55. The predicted octanol–water partition coefficient (Wildman–Crippen LogP) is 3.34. The standard InChI is InChI=1S/C19H23NO3/c21-18(20-11-10-15-8-4-5-9-17(15)20)13-16(19(22)23)12-14-6-2-1-3-7-14/h1-3,6-7,12,15,17H,4-5,8-11,13H2,(H,22,23)/b16-12-. The van der Waals surface area contributed by atoms with Crippen LogP contribution in [0, 0.1) is 5.92 Å². The summed E-state index contributed by atoms with van der Waals surface area (Å²) in [6.45, 7) is 0.784. The molecule has 1 aromatic carbocycles. The Bertz CT molecular complexity index is 608. The molecular formula is C19H23NO3. The van der Waals surface area contributed by atoms with Gasteiger partial charge in [-0.1, -0.05) is 43.2 Å². The van der Waals surface area contributed by atoms with E-state index in [1.54, 1.807) is 6.08 Å². The number of carboxylic acid groups (broad SMARTS) is 1. The van der Waals surface area contributed by atoms with Gasteiger partial charge in [0.1, 0.15) is 0 Å². The number of likely N-dealkylation sites (tertiary alicyclic amines) is 1. The van der Waals surface area contributed by atoms with Crippen molar-refractivity contribution in [3.8, 4) is 0 Å². The van der Waals surface area contributed by atoms with E-state index in [4.69, 9.17) is 0 Å². The van der Waals surface area contributed by atoms with Crippen molar-refractivity contribution in [1.82, 2.24) is 4.90 Å². The number of hydrogen-bond acceptors (Lipinski definition) is 2. The maximum Gasteiger partial charge on any atom is 0.332 e. The summed E-state index contributed by atoms with van der Waals surface area (Å²) in [5, 5.41) is 9.42. The fourth-order valence-corrected chi connectivity index (χ4v) is 3.92. The highest BCUT2D eigenvalue weighted by atomic mass is 16.4. The van der Waals surface area contributed by atoms with Gasteiger partial charge in [-0.05, 0) is 36.8 Å². The first-order valence-electron chi connectivity index (χ1n) is 8.43. The van der Waals surface area contributed by atoms with Gasteiger partial charge in [-0.25, -0.2) is 4.79 Å². The summed E-state index contributed by atoms with van der Waals surface area (Å²) in [6.07, 6.45) is 7.37. The van der Waals surface area contributed by atoms with Crippen molar-refractivity contribution in [3.63, 3.8) is 0 Å². The molecule has 0 spiro atoms. The van der Waals surface area contributed by atoms with Crippen LogP contribution in [0.15, 0.2) is 35.9 Å². The van der Waals surface area contributed by atoms with Gasteiger partial charge in [-0.2, -0.15) is 0 Å². The third kappa shape index (κ3) is 3.63. The fourth-order valence-electron chi connectivity index (χ4n) is 3.92. The summed E-state index contributed by atoms with van der Waals surface area (Å²) < 4.78 is 0. The average Bonchev–Trinajstić information content (AvgIpc) is 2.99. The number of fused-ring (bicyclic) bond motifs is 1. The molecule has 4 nitrogen and oxygen atoms in total. The summed E-state index contributed by atoms with van der Waals surface area (Å²) in [6, 6.07) is 9.64. The second-order valence-electron chi connectivity index (χ2n) is 6.55. The molecule has 0 bridgehead atoms. The van der Waals surface area contributed by atoms with Crippen LogP contribution in [-0.4, -0.2) is 34.5 Å². The number of nitrogens with zero attached hydrogens (tertiary/aromatic N) is 1. The van der Waals surface area contributed by atoms with Crippen LogP contribution in [0.5, 0.6) is 0 Å². The second kappa shape index (κ2) is 6.99. The first kappa shape index (κ1) is 15.8. The van der Waals surface area contributed by atoms with Gasteiger partial charge in [-0.3, -0.25) is 4.79 Å². The Morgan fingerprint density at radius 1 is 1.13 bits per heavy atom. The summed E-state index contributed by atoms with van der Waals surface area (Å²) in [5.41, 5.74) is 0.982. The monoisotopic (exact) mass is 313 g/mol. The molecule has 0 radical (unpaired) electrons. The van der Waals surface area contributed by atoms with Gasteiger partial charge in [0.2, 0.25) is 5.91 Å². The Morgan fingerprint density at radius 2 is 1.87 bits per heavy atom. The highest BCUT2D eigenvalue weighted by Gasteiger charge is 2.38. The molecule has 3 rings (SSSR count). The van der Waals surface area contributed by atoms with E-state index in [-0.39, 0.29) is 17.9 Å². The minimum atomic E-state index is -1.01. The fraction of sp³-hybridized carbons (Fsp3) is 0.474. The molecule has 1 N–H and O–H groups in total. The van der Waals surface area contributed by atoms with Gasteiger partial charge in [-0.15, -0.1) is 0 Å². The molecule has 2 aliphatic rings. The van der Waals surface area contributed by atoms with Crippen molar-refractivity contribution < 1.29 is 14.7 Å². The molecule has 1 amide bonds. The molecule has 4 heteroatoms. The van der Waals surface area contributed by atoms with Gasteiger partial charge in [0, 0.05) is 18.2 Å². The topological polar surface area (TPSA) is 57.6 Å². The minimum absolute atomic E-state index is 0.0204. The lowest BCUT2D eigenvalue weighted by molar-refractivity contribution is -0.137. The first-order valence-corrected chi connectivity index (χ1v) is 8.43. The van der Waals surface area contributed by atoms with Gasteiger partial charge in [0.15, 0.2) is 0 Å². The van der Waals surface area contributed by atoms with Crippen molar-refractivity contribution in [2.24, 2.45) is 5.92 Å². The number of carboxylic acids is 1. The average molecular weight is 313 g/mol. The first-order chi connectivity index (χ1) is 11.1. The smallest absolute Gasteiger partial charge is 0.332 e. The van der Waals surface area contributed by atoms with Crippen LogP contribution in [-0.2, 0) is 9.59 Å². The molecule has 2 fully saturated rings. The molecule has 1 aromatic rings. The van der Waals surface area contributed by atoms with E-state index in [0.29, 0.717) is 12.0 Å². The molecule has 122 valence electrons. The van der Waals surface area contributed by atoms with Crippen LogP contribution in [0.2, 0.25) is 0 Å². The lowest BCUT2D eigenvalue weighted by Gasteiger charge is -2.31. The molecule has 0 aromatic heterocycles. The Morgan fingerprint density at radius 3 is 2.61 bits per heavy atom. The lowest BCUT2D eigenvalue weighted by Crippen LogP contribution is -2.39. The van der Waals surface area contributed by atoms with Crippen molar-refractivity contribution in [1.29, 1.82) is 0 Å². The normalized spacial score (nSPS) is 24.3. The van der Waals surface area contributed by atoms with Gasteiger partial charge < -0.3 is 10.0 Å². The Labute approximate surface area is 136 Å². The number of carbonyl (C=O) groups is 2. The summed E-state index contributed by atoms with van der Waals surface area (Å²) in [4.78, 5) is 26.1. The zero-order chi connectivity index (χ0) is 16.2. The van der Waals surface area contributed by atoms with E-state index >= 15 is 0 Å². The third-order valence-electron chi connectivity index (χ3n) is 5.09. The van der Waals surface area contributed by atoms with Gasteiger partial charge in [0.05, 0.1) is 6.42 Å². The van der Waals surface area contributed by atoms with Crippen LogP contribution < -0.4 is 0 Å². The number of amides is 1. The van der Waals surface area contributed by atoms with Crippen molar-refractivity contribution >= 4 is 18.0 Å². The number of rotatable bonds is 4. The minimum Gasteiger partial charge on any atom is -0.478 e. The Kier molecular flexibility index (Phi) is 4.79. The number of aliphatic carboxylic acids is 1. The van der Waals surface area contributed by atoms with Gasteiger partial charge >= 0.3 is 5.97 Å². The largest absolute Gasteiger partial charge is 0.478 e. The maximum atomic E-state index is 12.6. The lowest BCUT2D eigenvalue weighted by atomic mass is 9.85. The zero-order valence-electron chi connectivity index (χ0n) is 13.3. The van der Waals surface area contributed by atoms with Crippen LogP contribution in [0.3, 0.4) is 0 Å². The Balaban J connectivity index is 1.72. The summed E-state index contributed by atoms with van der Waals surface area (Å²) in [5.74, 6) is -0.426. The molecule has 1 saturated carbocycles. The summed E-state index contributed by atoms with van der Waals surface area (Å²) in [7, 11) is 0. The van der Waals surface area contributed by atoms with E-state index in [9.17, 15) is 14.7 Å². The maximum absolute atomic E-state index is 12.6. The Hall–Kier alpha value is -2.10. The van der Waals surface area contributed by atoms with Gasteiger partial charge in [0.25, 0.3) is 0 Å². The molecule has 1 aliphatic carbocycles. The van der Waals surface area contributed by atoms with Crippen LogP contribution in [0.4, 0.5) is 0 Å². The van der Waals surface area contributed by atoms with Crippen LogP contribution in [0.1, 0.15) is 44.1 Å². The molecule has 23 heavy (non-hydrogen) atoms. The van der Waals surface area contributed by atoms with Crippen LogP contribution in [0.25, 0.3) is 6.08 Å². The van der Waals surface area contributed by atoms with Crippen LogP contribution >= 0.6 is 0 Å². The molecule has 2 atom stereocenters. The van der Waals surface area contributed by atoms with Crippen molar-refractivity contribution in [3.05, 3.63) is 41.5 Å². The van der Waals surface area contributed by atoms with E-state index < -0.39 is 5.97 Å². The molecular weight excluding hydrogens is 290 g/mol. The van der Waals surface area contributed by atoms with E-state index in [0.717, 1.165) is 24.9 Å². The van der Waals surface area contributed by atoms with E-state index in [1.807, 2.05) is 35.2 Å². The highest BCUT2D eigenvalue weighted by Crippen LogP contribution is 2.36. The van der Waals surface area contributed by atoms with Crippen molar-refractivity contribution in [2.75, 3.05) is 6.54 Å².